The molecule has 6 heteroatoms. The second-order valence-corrected chi connectivity index (χ2v) is 4.76. The van der Waals surface area contributed by atoms with E-state index in [-0.39, 0.29) is 5.69 Å². The average Bonchev–Trinajstić information content (AvgIpc) is 2.36. The number of hydrogen-bond donors (Lipinski definition) is 2. The Bertz CT molecular complexity index is 645. The average molecular weight is 297 g/mol. The molecule has 2 N–H and O–H groups in total. The molecule has 0 unspecified atom stereocenters. The summed E-state index contributed by atoms with van der Waals surface area (Å²) < 4.78 is 0. The van der Waals surface area contributed by atoms with Gasteiger partial charge in [-0.3, -0.25) is 0 Å². The zero-order chi connectivity index (χ0) is 14.0. The van der Waals surface area contributed by atoms with Crippen LogP contribution in [0.2, 0.25) is 10.0 Å². The predicted octanol–water partition coefficient (Wildman–Crippen LogP) is 4.14. The summed E-state index contributed by atoms with van der Waals surface area (Å²) in [5.74, 6) is -1.09. The number of aromatic nitrogens is 1. The van der Waals surface area contributed by atoms with E-state index in [2.05, 4.69) is 10.3 Å². The molecule has 19 heavy (non-hydrogen) atoms. The van der Waals surface area contributed by atoms with Gasteiger partial charge in [0.05, 0.1) is 10.7 Å². The molecule has 0 fully saturated rings. The van der Waals surface area contributed by atoms with Crippen molar-refractivity contribution in [3.05, 3.63) is 51.8 Å². The van der Waals surface area contributed by atoms with Gasteiger partial charge in [-0.25, -0.2) is 9.78 Å². The van der Waals surface area contributed by atoms with E-state index in [1.165, 1.54) is 12.3 Å². The van der Waals surface area contributed by atoms with Crippen LogP contribution < -0.4 is 5.32 Å². The fourth-order valence-corrected chi connectivity index (χ4v) is 1.95. The van der Waals surface area contributed by atoms with Crippen molar-refractivity contribution in [1.82, 2.24) is 4.98 Å². The molecular weight excluding hydrogens is 287 g/mol. The molecule has 0 saturated carbocycles. The van der Waals surface area contributed by atoms with Crippen LogP contribution in [0, 0.1) is 6.92 Å². The molecule has 2 aromatic rings. The normalized spacial score (nSPS) is 10.3. The Morgan fingerprint density at radius 1 is 1.26 bits per heavy atom. The van der Waals surface area contributed by atoms with Gasteiger partial charge in [-0.05, 0) is 36.8 Å². The van der Waals surface area contributed by atoms with Crippen LogP contribution in [0.3, 0.4) is 0 Å². The maximum Gasteiger partial charge on any atom is 0.354 e. The van der Waals surface area contributed by atoms with Crippen LogP contribution >= 0.6 is 23.2 Å². The first-order chi connectivity index (χ1) is 8.97. The van der Waals surface area contributed by atoms with E-state index in [1.54, 1.807) is 18.2 Å². The molecule has 0 saturated heterocycles. The van der Waals surface area contributed by atoms with E-state index in [4.69, 9.17) is 28.3 Å². The largest absolute Gasteiger partial charge is 0.477 e. The van der Waals surface area contributed by atoms with Gasteiger partial charge in [0, 0.05) is 16.9 Å². The number of nitrogens with zero attached hydrogens (tertiary/aromatic N) is 1. The van der Waals surface area contributed by atoms with Gasteiger partial charge in [0.1, 0.15) is 5.69 Å². The highest BCUT2D eigenvalue weighted by Crippen LogP contribution is 2.31. The van der Waals surface area contributed by atoms with Crippen LogP contribution in [-0.2, 0) is 0 Å². The van der Waals surface area contributed by atoms with Gasteiger partial charge in [-0.15, -0.1) is 0 Å². The van der Waals surface area contributed by atoms with Crippen molar-refractivity contribution >= 4 is 40.5 Å². The minimum absolute atomic E-state index is 0.0423. The van der Waals surface area contributed by atoms with Gasteiger partial charge >= 0.3 is 5.97 Å². The number of hydrogen-bond acceptors (Lipinski definition) is 3. The molecular formula is C13H10Cl2N2O2. The van der Waals surface area contributed by atoms with Crippen molar-refractivity contribution in [2.45, 2.75) is 6.92 Å². The number of carbonyl (C=O) groups is 1. The minimum Gasteiger partial charge on any atom is -0.477 e. The molecule has 98 valence electrons. The Morgan fingerprint density at radius 2 is 2.00 bits per heavy atom. The van der Waals surface area contributed by atoms with Crippen molar-refractivity contribution in [2.75, 3.05) is 5.32 Å². The molecule has 0 aliphatic carbocycles. The van der Waals surface area contributed by atoms with E-state index >= 15 is 0 Å². The Kier molecular flexibility index (Phi) is 3.93. The van der Waals surface area contributed by atoms with E-state index in [0.29, 0.717) is 21.4 Å². The minimum atomic E-state index is -1.09. The third-order valence-electron chi connectivity index (χ3n) is 2.51. The van der Waals surface area contributed by atoms with Gasteiger partial charge in [0.25, 0.3) is 0 Å². The fraction of sp³-hybridized carbons (Fsp3) is 0.0769. The van der Waals surface area contributed by atoms with Crippen LogP contribution in [0.5, 0.6) is 0 Å². The molecule has 1 aromatic heterocycles. The first-order valence-corrected chi connectivity index (χ1v) is 6.15. The lowest BCUT2D eigenvalue weighted by molar-refractivity contribution is 0.0690. The number of carboxylic acids is 1. The number of benzene rings is 1. The number of aryl methyl sites for hydroxylation is 1. The Morgan fingerprint density at radius 3 is 2.68 bits per heavy atom. The van der Waals surface area contributed by atoms with Crippen LogP contribution in [0.1, 0.15) is 16.1 Å². The number of rotatable bonds is 3. The number of pyridine rings is 1. The fourth-order valence-electron chi connectivity index (χ4n) is 1.52. The van der Waals surface area contributed by atoms with E-state index in [9.17, 15) is 4.79 Å². The summed E-state index contributed by atoms with van der Waals surface area (Å²) in [7, 11) is 0. The zero-order valence-electron chi connectivity index (χ0n) is 9.95. The lowest BCUT2D eigenvalue weighted by Gasteiger charge is -2.10. The summed E-state index contributed by atoms with van der Waals surface area (Å²) in [6.07, 6.45) is 1.41. The smallest absolute Gasteiger partial charge is 0.354 e. The topological polar surface area (TPSA) is 62.2 Å². The predicted molar refractivity (Wildman–Crippen MR) is 75.7 cm³/mol. The van der Waals surface area contributed by atoms with Gasteiger partial charge in [-0.1, -0.05) is 23.2 Å². The summed E-state index contributed by atoms with van der Waals surface area (Å²) in [6.45, 7) is 1.85. The van der Waals surface area contributed by atoms with Gasteiger partial charge < -0.3 is 10.4 Å². The first kappa shape index (κ1) is 13.6. The van der Waals surface area contributed by atoms with Crippen molar-refractivity contribution in [2.24, 2.45) is 0 Å². The highest BCUT2D eigenvalue weighted by Gasteiger charge is 2.08. The quantitative estimate of drug-likeness (QED) is 0.893. The maximum absolute atomic E-state index is 10.8. The Hall–Kier alpha value is -1.78. The molecule has 4 nitrogen and oxygen atoms in total. The molecule has 0 aliphatic heterocycles. The van der Waals surface area contributed by atoms with E-state index in [1.807, 2.05) is 6.92 Å². The molecule has 0 bridgehead atoms. The second kappa shape index (κ2) is 5.47. The number of aromatic carboxylic acids is 1. The molecule has 1 heterocycles. The van der Waals surface area contributed by atoms with Crippen LogP contribution in [0.15, 0.2) is 30.5 Å². The van der Waals surface area contributed by atoms with Crippen molar-refractivity contribution in [3.63, 3.8) is 0 Å². The highest BCUT2D eigenvalue weighted by atomic mass is 35.5. The van der Waals surface area contributed by atoms with E-state index < -0.39 is 5.97 Å². The van der Waals surface area contributed by atoms with Crippen molar-refractivity contribution in [1.29, 1.82) is 0 Å². The summed E-state index contributed by atoms with van der Waals surface area (Å²) in [5, 5.41) is 13.0. The van der Waals surface area contributed by atoms with Crippen LogP contribution in [-0.4, -0.2) is 16.1 Å². The third-order valence-corrected chi connectivity index (χ3v) is 3.23. The van der Waals surface area contributed by atoms with Crippen molar-refractivity contribution in [3.8, 4) is 0 Å². The number of halogens is 2. The standard InChI is InChI=1S/C13H10Cl2N2O2/c1-7-4-10(15)11(6-9(7)14)17-8-2-3-16-12(5-8)13(18)19/h2-6H,1H3,(H,16,17)(H,18,19). The van der Waals surface area contributed by atoms with Crippen molar-refractivity contribution < 1.29 is 9.90 Å². The van der Waals surface area contributed by atoms with Crippen LogP contribution in [0.4, 0.5) is 11.4 Å². The molecule has 0 aliphatic rings. The first-order valence-electron chi connectivity index (χ1n) is 5.39. The monoisotopic (exact) mass is 296 g/mol. The number of carboxylic acid groups (broad SMARTS) is 1. The molecule has 2 rings (SSSR count). The third kappa shape index (κ3) is 3.16. The summed E-state index contributed by atoms with van der Waals surface area (Å²) in [6, 6.07) is 6.51. The SMILES string of the molecule is Cc1cc(Cl)c(Nc2ccnc(C(=O)O)c2)cc1Cl. The zero-order valence-corrected chi connectivity index (χ0v) is 11.5. The Balaban J connectivity index is 2.33. The molecule has 1 aromatic carbocycles. The Labute approximate surface area is 120 Å². The van der Waals surface area contributed by atoms with Crippen LogP contribution in [0.25, 0.3) is 0 Å². The van der Waals surface area contributed by atoms with Gasteiger partial charge in [0.2, 0.25) is 0 Å². The lowest BCUT2D eigenvalue weighted by atomic mass is 10.2. The molecule has 0 spiro atoms. The molecule has 0 atom stereocenters. The number of anilines is 2. The maximum atomic E-state index is 10.8. The highest BCUT2D eigenvalue weighted by molar-refractivity contribution is 6.35. The number of nitrogens with one attached hydrogen (secondary N) is 1. The summed E-state index contributed by atoms with van der Waals surface area (Å²) >= 11 is 12.1. The second-order valence-electron chi connectivity index (χ2n) is 3.94. The lowest BCUT2D eigenvalue weighted by Crippen LogP contribution is -2.01. The van der Waals surface area contributed by atoms with Gasteiger partial charge in [0.15, 0.2) is 0 Å². The molecule has 0 amide bonds. The van der Waals surface area contributed by atoms with E-state index in [0.717, 1.165) is 5.56 Å². The summed E-state index contributed by atoms with van der Waals surface area (Å²) in [4.78, 5) is 14.6. The molecule has 0 radical (unpaired) electrons. The van der Waals surface area contributed by atoms with Gasteiger partial charge in [-0.2, -0.15) is 0 Å². The summed E-state index contributed by atoms with van der Waals surface area (Å²) in [5.41, 5.74) is 2.02.